The summed E-state index contributed by atoms with van der Waals surface area (Å²) in [6.45, 7) is 4.36. The maximum Gasteiger partial charge on any atom is 0.354 e. The quantitative estimate of drug-likeness (QED) is 0.546. The van der Waals surface area contributed by atoms with Crippen molar-refractivity contribution in [2.75, 3.05) is 0 Å². The Hall–Kier alpha value is -3.40. The molecule has 1 N–H and O–H groups in total. The lowest BCUT2D eigenvalue weighted by atomic mass is 9.97. The SMILES string of the molecule is Cc1ccc(OCc2ccccc2)c(C2=C(c3ccc(C)c(C(=O)O)n3)CCC2)c1. The van der Waals surface area contributed by atoms with E-state index in [9.17, 15) is 9.90 Å². The molecule has 0 fully saturated rings. The zero-order valence-electron chi connectivity index (χ0n) is 17.3. The standard InChI is InChI=1S/C26H25NO3/c1-17-11-14-24(30-16-19-7-4-3-5-8-19)22(15-17)20-9-6-10-21(20)23-13-12-18(2)25(27-23)26(28)29/h3-5,7-8,11-15H,6,9-10,16H2,1-2H3,(H,28,29). The molecular weight excluding hydrogens is 374 g/mol. The van der Waals surface area contributed by atoms with Gasteiger partial charge in [-0.25, -0.2) is 9.78 Å². The average Bonchev–Trinajstić information content (AvgIpc) is 3.23. The van der Waals surface area contributed by atoms with Crippen molar-refractivity contribution in [3.8, 4) is 5.75 Å². The molecule has 30 heavy (non-hydrogen) atoms. The third-order valence-electron chi connectivity index (χ3n) is 5.52. The average molecular weight is 399 g/mol. The Morgan fingerprint density at radius 2 is 1.77 bits per heavy atom. The number of ether oxygens (including phenoxy) is 1. The van der Waals surface area contributed by atoms with E-state index in [0.717, 1.165) is 47.4 Å². The van der Waals surface area contributed by atoms with Crippen molar-refractivity contribution in [2.45, 2.75) is 39.7 Å². The van der Waals surface area contributed by atoms with Crippen LogP contribution in [0.1, 0.15) is 57.7 Å². The molecule has 0 amide bonds. The van der Waals surface area contributed by atoms with Crippen LogP contribution in [0.4, 0.5) is 0 Å². The number of carbonyl (C=O) groups is 1. The number of carboxylic acids is 1. The first kappa shape index (κ1) is 19.9. The number of hydrogen-bond acceptors (Lipinski definition) is 3. The van der Waals surface area contributed by atoms with Crippen LogP contribution in [0.25, 0.3) is 11.1 Å². The summed E-state index contributed by atoms with van der Waals surface area (Å²) in [6, 6.07) is 20.2. The number of benzene rings is 2. The van der Waals surface area contributed by atoms with Crippen LogP contribution in [-0.2, 0) is 6.61 Å². The van der Waals surface area contributed by atoms with E-state index in [-0.39, 0.29) is 5.69 Å². The van der Waals surface area contributed by atoms with Crippen molar-refractivity contribution in [1.82, 2.24) is 4.98 Å². The van der Waals surface area contributed by atoms with Crippen LogP contribution < -0.4 is 4.74 Å². The molecule has 0 spiro atoms. The summed E-state index contributed by atoms with van der Waals surface area (Å²) >= 11 is 0. The van der Waals surface area contributed by atoms with Crippen molar-refractivity contribution < 1.29 is 14.6 Å². The van der Waals surface area contributed by atoms with Gasteiger partial charge in [0.2, 0.25) is 0 Å². The van der Waals surface area contributed by atoms with E-state index >= 15 is 0 Å². The lowest BCUT2D eigenvalue weighted by Gasteiger charge is -2.15. The van der Waals surface area contributed by atoms with Gasteiger partial charge in [0, 0.05) is 5.56 Å². The van der Waals surface area contributed by atoms with Gasteiger partial charge in [-0.3, -0.25) is 0 Å². The first-order valence-corrected chi connectivity index (χ1v) is 10.2. The second-order valence-corrected chi connectivity index (χ2v) is 7.75. The molecule has 4 heteroatoms. The van der Waals surface area contributed by atoms with Gasteiger partial charge in [0.1, 0.15) is 12.4 Å². The van der Waals surface area contributed by atoms with Gasteiger partial charge in [-0.15, -0.1) is 0 Å². The maximum absolute atomic E-state index is 11.6. The molecule has 0 unspecified atom stereocenters. The van der Waals surface area contributed by atoms with E-state index < -0.39 is 5.97 Å². The fraction of sp³-hybridized carbons (Fsp3) is 0.231. The van der Waals surface area contributed by atoms with Crippen LogP contribution in [0.2, 0.25) is 0 Å². The monoisotopic (exact) mass is 399 g/mol. The summed E-state index contributed by atoms with van der Waals surface area (Å²) in [4.78, 5) is 16.0. The minimum Gasteiger partial charge on any atom is -0.488 e. The molecule has 0 radical (unpaired) electrons. The molecule has 0 saturated carbocycles. The summed E-state index contributed by atoms with van der Waals surface area (Å²) in [5, 5.41) is 9.48. The molecule has 0 saturated heterocycles. The molecule has 1 aromatic heterocycles. The summed E-state index contributed by atoms with van der Waals surface area (Å²) in [5.41, 5.74) is 7.24. The zero-order chi connectivity index (χ0) is 21.1. The predicted octanol–water partition coefficient (Wildman–Crippen LogP) is 6.07. The van der Waals surface area contributed by atoms with E-state index in [1.165, 1.54) is 11.1 Å². The van der Waals surface area contributed by atoms with Gasteiger partial charge >= 0.3 is 5.97 Å². The summed E-state index contributed by atoms with van der Waals surface area (Å²) in [6.07, 6.45) is 2.84. The molecule has 3 aromatic rings. The number of allylic oxidation sites excluding steroid dienone is 2. The van der Waals surface area contributed by atoms with Crippen LogP contribution in [0.5, 0.6) is 5.75 Å². The normalized spacial score (nSPS) is 13.5. The smallest absolute Gasteiger partial charge is 0.354 e. The number of nitrogens with zero attached hydrogens (tertiary/aromatic N) is 1. The van der Waals surface area contributed by atoms with Gasteiger partial charge in [0.05, 0.1) is 5.69 Å². The summed E-state index contributed by atoms with van der Waals surface area (Å²) < 4.78 is 6.21. The fourth-order valence-electron chi connectivity index (χ4n) is 3.98. The van der Waals surface area contributed by atoms with Crippen molar-refractivity contribution in [2.24, 2.45) is 0 Å². The zero-order valence-corrected chi connectivity index (χ0v) is 17.3. The minimum absolute atomic E-state index is 0.121. The van der Waals surface area contributed by atoms with Gasteiger partial charge in [-0.05, 0) is 73.6 Å². The van der Waals surface area contributed by atoms with Crippen LogP contribution in [-0.4, -0.2) is 16.1 Å². The van der Waals surface area contributed by atoms with E-state index in [1.807, 2.05) is 36.4 Å². The first-order valence-electron chi connectivity index (χ1n) is 10.2. The van der Waals surface area contributed by atoms with Gasteiger partial charge in [0.25, 0.3) is 0 Å². The number of pyridine rings is 1. The van der Waals surface area contributed by atoms with Gasteiger partial charge in [0.15, 0.2) is 5.69 Å². The lowest BCUT2D eigenvalue weighted by molar-refractivity contribution is 0.0689. The number of aromatic carboxylic acids is 1. The van der Waals surface area contributed by atoms with Crippen molar-refractivity contribution in [1.29, 1.82) is 0 Å². The van der Waals surface area contributed by atoms with Crippen molar-refractivity contribution in [3.63, 3.8) is 0 Å². The molecule has 1 aliphatic carbocycles. The van der Waals surface area contributed by atoms with Crippen molar-refractivity contribution in [3.05, 3.63) is 94.3 Å². The van der Waals surface area contributed by atoms with Gasteiger partial charge in [-0.2, -0.15) is 0 Å². The van der Waals surface area contributed by atoms with Gasteiger partial charge in [-0.1, -0.05) is 48.0 Å². The van der Waals surface area contributed by atoms with Gasteiger partial charge < -0.3 is 9.84 Å². The predicted molar refractivity (Wildman–Crippen MR) is 119 cm³/mol. The number of aromatic nitrogens is 1. The van der Waals surface area contributed by atoms with Crippen LogP contribution in [0, 0.1) is 13.8 Å². The maximum atomic E-state index is 11.6. The summed E-state index contributed by atoms with van der Waals surface area (Å²) in [7, 11) is 0. The second kappa shape index (κ2) is 8.54. The molecule has 1 heterocycles. The van der Waals surface area contributed by atoms with Crippen LogP contribution in [0.3, 0.4) is 0 Å². The number of carboxylic acid groups (broad SMARTS) is 1. The Labute approximate surface area is 176 Å². The first-order chi connectivity index (χ1) is 14.5. The molecular formula is C26H25NO3. The van der Waals surface area contributed by atoms with E-state index in [1.54, 1.807) is 6.92 Å². The topological polar surface area (TPSA) is 59.4 Å². The highest BCUT2D eigenvalue weighted by molar-refractivity contribution is 5.95. The number of hydrogen-bond donors (Lipinski definition) is 1. The Bertz CT molecular complexity index is 1120. The minimum atomic E-state index is -0.989. The summed E-state index contributed by atoms with van der Waals surface area (Å²) in [5.74, 6) is -0.138. The highest BCUT2D eigenvalue weighted by Gasteiger charge is 2.23. The van der Waals surface area contributed by atoms with Crippen molar-refractivity contribution >= 4 is 17.1 Å². The van der Waals surface area contributed by atoms with E-state index in [4.69, 9.17) is 4.74 Å². The molecule has 2 aromatic carbocycles. The highest BCUT2D eigenvalue weighted by Crippen LogP contribution is 2.42. The molecule has 4 nitrogen and oxygen atoms in total. The molecule has 152 valence electrons. The Morgan fingerprint density at radius 1 is 1.00 bits per heavy atom. The Balaban J connectivity index is 1.74. The van der Waals surface area contributed by atoms with E-state index in [0.29, 0.717) is 12.2 Å². The molecule has 4 rings (SSSR count). The molecule has 1 aliphatic rings. The highest BCUT2D eigenvalue weighted by atomic mass is 16.5. The fourth-order valence-corrected chi connectivity index (χ4v) is 3.98. The molecule has 0 atom stereocenters. The molecule has 0 bridgehead atoms. The third kappa shape index (κ3) is 4.13. The number of aryl methyl sites for hydroxylation is 2. The Morgan fingerprint density at radius 3 is 2.53 bits per heavy atom. The largest absolute Gasteiger partial charge is 0.488 e. The third-order valence-corrected chi connectivity index (χ3v) is 5.52. The molecule has 0 aliphatic heterocycles. The Kier molecular flexibility index (Phi) is 5.66. The van der Waals surface area contributed by atoms with E-state index in [2.05, 4.69) is 36.2 Å². The number of rotatable bonds is 6. The van der Waals surface area contributed by atoms with Crippen LogP contribution in [0.15, 0.2) is 60.7 Å². The van der Waals surface area contributed by atoms with Crippen LogP contribution >= 0.6 is 0 Å². The second-order valence-electron chi connectivity index (χ2n) is 7.75. The lowest BCUT2D eigenvalue weighted by Crippen LogP contribution is -2.05.